The van der Waals surface area contributed by atoms with E-state index in [0.29, 0.717) is 35.3 Å². The first-order valence-electron chi connectivity index (χ1n) is 9.97. The van der Waals surface area contributed by atoms with Crippen molar-refractivity contribution in [3.8, 4) is 11.4 Å². The van der Waals surface area contributed by atoms with E-state index in [-0.39, 0.29) is 11.9 Å². The Morgan fingerprint density at radius 3 is 2.63 bits per heavy atom. The Morgan fingerprint density at radius 1 is 1.17 bits per heavy atom. The molecule has 1 saturated heterocycles. The predicted octanol–water partition coefficient (Wildman–Crippen LogP) is 3.23. The monoisotopic (exact) mass is 404 g/mol. The van der Waals surface area contributed by atoms with Crippen LogP contribution in [0.25, 0.3) is 11.4 Å². The third-order valence-electron chi connectivity index (χ3n) is 6.12. The van der Waals surface area contributed by atoms with E-state index in [1.165, 1.54) is 0 Å². The average Bonchev–Trinajstić information content (AvgIpc) is 3.20. The molecule has 0 bridgehead atoms. The van der Waals surface area contributed by atoms with Crippen LogP contribution in [0.15, 0.2) is 49.1 Å². The summed E-state index contributed by atoms with van der Waals surface area (Å²) in [5, 5.41) is 3.02. The number of nitrogens with one attached hydrogen (secondary N) is 1. The van der Waals surface area contributed by atoms with Gasteiger partial charge in [0, 0.05) is 29.7 Å². The molecule has 3 aromatic rings. The average molecular weight is 404 g/mol. The zero-order valence-electron chi connectivity index (χ0n) is 16.7. The standard InChI is InChI=1S/C22H21FN6O/c1-12-4-5-15(8-16(12)20-26-10-14(23)11-27-20)28-21(30)18-9-17-13(2)19(17)29(18)22-24-6-3-7-25-22/h3-8,10-11,13,17-19H,9H2,1-2H3,(H,28,30)/t13?,17?,18-,19?/m1/s1. The lowest BCUT2D eigenvalue weighted by Crippen LogP contribution is -2.44. The van der Waals surface area contributed by atoms with Gasteiger partial charge in [-0.15, -0.1) is 0 Å². The van der Waals surface area contributed by atoms with Crippen molar-refractivity contribution in [3.63, 3.8) is 0 Å². The van der Waals surface area contributed by atoms with E-state index in [9.17, 15) is 9.18 Å². The second kappa shape index (κ2) is 7.12. The van der Waals surface area contributed by atoms with Gasteiger partial charge in [0.1, 0.15) is 6.04 Å². The summed E-state index contributed by atoms with van der Waals surface area (Å²) < 4.78 is 13.2. The number of benzene rings is 1. The van der Waals surface area contributed by atoms with Crippen LogP contribution in [0.2, 0.25) is 0 Å². The summed E-state index contributed by atoms with van der Waals surface area (Å²) in [5.41, 5.74) is 2.34. The Labute approximate surface area is 173 Å². The largest absolute Gasteiger partial charge is 0.325 e. The van der Waals surface area contributed by atoms with Crippen molar-refractivity contribution in [2.45, 2.75) is 32.4 Å². The summed E-state index contributed by atoms with van der Waals surface area (Å²) in [6, 6.07) is 7.33. The highest BCUT2D eigenvalue weighted by atomic mass is 19.1. The van der Waals surface area contributed by atoms with Gasteiger partial charge in [-0.05, 0) is 48.9 Å². The lowest BCUT2D eigenvalue weighted by molar-refractivity contribution is -0.117. The molecule has 30 heavy (non-hydrogen) atoms. The summed E-state index contributed by atoms with van der Waals surface area (Å²) in [4.78, 5) is 32.1. The Kier molecular flexibility index (Phi) is 4.42. The summed E-state index contributed by atoms with van der Waals surface area (Å²) >= 11 is 0. The van der Waals surface area contributed by atoms with Crippen molar-refractivity contribution in [3.05, 3.63) is 60.4 Å². The van der Waals surface area contributed by atoms with E-state index < -0.39 is 5.82 Å². The molecule has 0 radical (unpaired) electrons. The second-order valence-electron chi connectivity index (χ2n) is 7.96. The number of nitrogens with zero attached hydrogens (tertiary/aromatic N) is 5. The third-order valence-corrected chi connectivity index (χ3v) is 6.12. The third kappa shape index (κ3) is 3.18. The van der Waals surface area contributed by atoms with Gasteiger partial charge in [-0.1, -0.05) is 13.0 Å². The molecule has 2 aliphatic rings. The zero-order chi connectivity index (χ0) is 20.8. The van der Waals surface area contributed by atoms with E-state index in [0.717, 1.165) is 29.9 Å². The molecule has 152 valence electrons. The highest BCUT2D eigenvalue weighted by Gasteiger charge is 2.60. The fraction of sp³-hybridized carbons (Fsp3) is 0.318. The molecule has 8 heteroatoms. The number of rotatable bonds is 4. The van der Waals surface area contributed by atoms with Crippen molar-refractivity contribution in [1.82, 2.24) is 19.9 Å². The molecule has 1 N–H and O–H groups in total. The Hall–Kier alpha value is -3.42. The van der Waals surface area contributed by atoms with Gasteiger partial charge in [0.15, 0.2) is 11.6 Å². The van der Waals surface area contributed by atoms with E-state index in [2.05, 4.69) is 37.1 Å². The molecule has 4 atom stereocenters. The molecule has 3 unspecified atom stereocenters. The molecule has 1 aliphatic heterocycles. The fourth-order valence-corrected chi connectivity index (χ4v) is 4.46. The highest BCUT2D eigenvalue weighted by molar-refractivity contribution is 5.98. The first-order valence-corrected chi connectivity index (χ1v) is 9.97. The topological polar surface area (TPSA) is 83.9 Å². The van der Waals surface area contributed by atoms with Gasteiger partial charge in [0.05, 0.1) is 12.4 Å². The molecule has 3 heterocycles. The summed E-state index contributed by atoms with van der Waals surface area (Å²) in [6.45, 7) is 4.13. The number of carbonyl (C=O) groups excluding carboxylic acids is 1. The SMILES string of the molecule is Cc1ccc(NC(=O)[C@H]2CC3C(C)C3N2c2ncccn2)cc1-c1ncc(F)cn1. The van der Waals surface area contributed by atoms with Crippen molar-refractivity contribution < 1.29 is 9.18 Å². The first kappa shape index (κ1) is 18.6. The van der Waals surface area contributed by atoms with Crippen LogP contribution in [0.5, 0.6) is 0 Å². The van der Waals surface area contributed by atoms with Crippen LogP contribution in [0.4, 0.5) is 16.0 Å². The Balaban J connectivity index is 1.39. The number of hydrogen-bond donors (Lipinski definition) is 1. The van der Waals surface area contributed by atoms with Gasteiger partial charge in [-0.25, -0.2) is 24.3 Å². The maximum absolute atomic E-state index is 13.2. The maximum Gasteiger partial charge on any atom is 0.247 e. The molecule has 1 amide bonds. The molecule has 2 fully saturated rings. The summed E-state index contributed by atoms with van der Waals surface area (Å²) in [5.74, 6) is 1.47. The van der Waals surface area contributed by atoms with Gasteiger partial charge in [0.2, 0.25) is 11.9 Å². The second-order valence-corrected chi connectivity index (χ2v) is 7.96. The first-order chi connectivity index (χ1) is 14.5. The van der Waals surface area contributed by atoms with Gasteiger partial charge >= 0.3 is 0 Å². The molecular weight excluding hydrogens is 383 g/mol. The van der Waals surface area contributed by atoms with Crippen LogP contribution >= 0.6 is 0 Å². The van der Waals surface area contributed by atoms with Gasteiger partial charge < -0.3 is 10.2 Å². The van der Waals surface area contributed by atoms with Gasteiger partial charge in [0.25, 0.3) is 0 Å². The van der Waals surface area contributed by atoms with Crippen LogP contribution in [-0.2, 0) is 4.79 Å². The van der Waals surface area contributed by atoms with Crippen LogP contribution in [0.3, 0.4) is 0 Å². The van der Waals surface area contributed by atoms with Gasteiger partial charge in [-0.3, -0.25) is 4.79 Å². The number of aryl methyl sites for hydroxylation is 1. The molecule has 7 nitrogen and oxygen atoms in total. The number of halogens is 1. The Morgan fingerprint density at radius 2 is 1.90 bits per heavy atom. The van der Waals surface area contributed by atoms with Crippen LogP contribution in [0.1, 0.15) is 18.9 Å². The lowest BCUT2D eigenvalue weighted by atomic mass is 10.1. The maximum atomic E-state index is 13.2. The number of fused-ring (bicyclic) bond motifs is 1. The van der Waals surface area contributed by atoms with Crippen LogP contribution < -0.4 is 10.2 Å². The van der Waals surface area contributed by atoms with Gasteiger partial charge in [-0.2, -0.15) is 0 Å². The summed E-state index contributed by atoms with van der Waals surface area (Å²) in [7, 11) is 0. The minimum absolute atomic E-state index is 0.0864. The molecular formula is C22H21FN6O. The van der Waals surface area contributed by atoms with Crippen molar-refractivity contribution in [2.75, 3.05) is 10.2 Å². The molecule has 1 aromatic carbocycles. The number of carbonyl (C=O) groups is 1. The number of aromatic nitrogens is 4. The van der Waals surface area contributed by atoms with E-state index >= 15 is 0 Å². The number of anilines is 2. The van der Waals surface area contributed by atoms with Crippen LogP contribution in [-0.4, -0.2) is 37.9 Å². The lowest BCUT2D eigenvalue weighted by Gasteiger charge is -2.27. The molecule has 1 aliphatic carbocycles. The zero-order valence-corrected chi connectivity index (χ0v) is 16.7. The minimum atomic E-state index is -0.488. The molecule has 2 aromatic heterocycles. The fourth-order valence-electron chi connectivity index (χ4n) is 4.46. The van der Waals surface area contributed by atoms with E-state index in [1.807, 2.05) is 25.1 Å². The van der Waals surface area contributed by atoms with Crippen molar-refractivity contribution in [2.24, 2.45) is 11.8 Å². The number of piperidine rings is 1. The summed E-state index contributed by atoms with van der Waals surface area (Å²) in [6.07, 6.45) is 6.46. The smallest absolute Gasteiger partial charge is 0.247 e. The molecule has 5 rings (SSSR count). The normalized spacial score (nSPS) is 24.4. The van der Waals surface area contributed by atoms with E-state index in [1.54, 1.807) is 18.5 Å². The highest BCUT2D eigenvalue weighted by Crippen LogP contribution is 2.54. The Bertz CT molecular complexity index is 1090. The van der Waals surface area contributed by atoms with Crippen LogP contribution in [0, 0.1) is 24.6 Å². The molecule has 0 spiro atoms. The number of hydrogen-bond acceptors (Lipinski definition) is 6. The number of amides is 1. The van der Waals surface area contributed by atoms with E-state index in [4.69, 9.17) is 0 Å². The van der Waals surface area contributed by atoms with Crippen molar-refractivity contribution >= 4 is 17.5 Å². The molecule has 1 saturated carbocycles. The quantitative estimate of drug-likeness (QED) is 0.719. The minimum Gasteiger partial charge on any atom is -0.325 e. The predicted molar refractivity (Wildman–Crippen MR) is 110 cm³/mol. The van der Waals surface area contributed by atoms with Crippen molar-refractivity contribution in [1.29, 1.82) is 0 Å².